The predicted molar refractivity (Wildman–Crippen MR) is 87.2 cm³/mol. The van der Waals surface area contributed by atoms with E-state index in [0.29, 0.717) is 5.56 Å². The maximum absolute atomic E-state index is 13.3. The Kier molecular flexibility index (Phi) is 5.03. The number of hydrogen-bond donors (Lipinski definition) is 1. The molecule has 3 aromatic rings. The highest BCUT2D eigenvalue weighted by atomic mass is 79.9. The molecule has 0 bridgehead atoms. The van der Waals surface area contributed by atoms with Crippen molar-refractivity contribution < 1.29 is 23.4 Å². The lowest BCUT2D eigenvalue weighted by atomic mass is 10.0. The van der Waals surface area contributed by atoms with Gasteiger partial charge < -0.3 is 9.62 Å². The van der Waals surface area contributed by atoms with E-state index in [9.17, 15) is 14.4 Å². The van der Waals surface area contributed by atoms with Gasteiger partial charge in [-0.05, 0) is 50.9 Å². The Morgan fingerprint density at radius 2 is 2.12 bits per heavy atom. The van der Waals surface area contributed by atoms with E-state index in [-0.39, 0.29) is 46.0 Å². The quantitative estimate of drug-likeness (QED) is 0.290. The highest BCUT2D eigenvalue weighted by Crippen LogP contribution is 2.19. The number of hydrogen-bond acceptors (Lipinski definition) is 7. The van der Waals surface area contributed by atoms with Gasteiger partial charge in [0, 0.05) is 6.42 Å². The van der Waals surface area contributed by atoms with Gasteiger partial charge in [-0.15, -0.1) is 0 Å². The molecule has 0 aliphatic rings. The number of halogens is 2. The number of aromatic nitrogens is 2. The Morgan fingerprint density at radius 3 is 2.80 bits per heavy atom. The van der Waals surface area contributed by atoms with E-state index in [1.54, 1.807) is 18.2 Å². The molecule has 1 N–H and O–H groups in total. The Hall–Kier alpha value is -2.81. The summed E-state index contributed by atoms with van der Waals surface area (Å²) in [6.45, 7) is 0. The first-order valence-electron chi connectivity index (χ1n) is 7.12. The van der Waals surface area contributed by atoms with Crippen molar-refractivity contribution in [3.8, 4) is 0 Å². The monoisotopic (exact) mass is 407 g/mol. The molecule has 25 heavy (non-hydrogen) atoms. The molecule has 2 heterocycles. The lowest BCUT2D eigenvalue weighted by molar-refractivity contribution is 0.0964. The Morgan fingerprint density at radius 1 is 1.28 bits per heavy atom. The Balaban J connectivity index is 1.81. The molecule has 0 aliphatic heterocycles. The topological polar surface area (TPSA) is 102 Å². The zero-order valence-corrected chi connectivity index (χ0v) is 14.2. The van der Waals surface area contributed by atoms with Gasteiger partial charge in [0.05, 0.1) is 17.2 Å². The zero-order valence-electron chi connectivity index (χ0n) is 12.6. The summed E-state index contributed by atoms with van der Waals surface area (Å²) in [6, 6.07) is 7.53. The normalized spacial score (nSPS) is 11.7. The lowest BCUT2D eigenvalue weighted by Gasteiger charge is -2.04. The number of rotatable bonds is 6. The molecule has 0 spiro atoms. The first-order chi connectivity index (χ1) is 12.1. The molecular formula is C16H11BrFN3O4. The summed E-state index contributed by atoms with van der Waals surface area (Å²) in [5, 5.41) is 19.9. The summed E-state index contributed by atoms with van der Waals surface area (Å²) in [6.07, 6.45) is 1.41. The van der Waals surface area contributed by atoms with Crippen LogP contribution in [0.15, 0.2) is 55.3 Å². The molecule has 0 amide bonds. The molecule has 0 saturated carbocycles. The van der Waals surface area contributed by atoms with Crippen LogP contribution >= 0.6 is 15.9 Å². The second-order valence-electron chi connectivity index (χ2n) is 5.11. The second kappa shape index (κ2) is 7.39. The van der Waals surface area contributed by atoms with Crippen LogP contribution in [0, 0.1) is 5.82 Å². The van der Waals surface area contributed by atoms with Crippen LogP contribution in [0.1, 0.15) is 27.5 Å². The lowest BCUT2D eigenvalue weighted by Crippen LogP contribution is -2.12. The maximum Gasteiger partial charge on any atom is 0.204 e. The highest BCUT2D eigenvalue weighted by Gasteiger charge is 2.21. The van der Waals surface area contributed by atoms with Gasteiger partial charge in [0.15, 0.2) is 11.5 Å². The second-order valence-corrected chi connectivity index (χ2v) is 5.96. The molecule has 0 radical (unpaired) electrons. The van der Waals surface area contributed by atoms with E-state index in [4.69, 9.17) is 4.42 Å². The predicted octanol–water partition coefficient (Wildman–Crippen LogP) is 3.41. The van der Waals surface area contributed by atoms with Gasteiger partial charge in [-0.1, -0.05) is 16.4 Å². The van der Waals surface area contributed by atoms with Crippen molar-refractivity contribution >= 4 is 27.4 Å². The summed E-state index contributed by atoms with van der Waals surface area (Å²) in [7, 11) is 0. The standard InChI is InChI=1S/C16H11BrFN3O4/c17-10-6-9(3-4-11(10)18)7-12(19-23)16-13(20-25-21-16)8-14(22)15-2-1-5-24-15/h1-6,23H,7-8H2. The summed E-state index contributed by atoms with van der Waals surface area (Å²) in [5.41, 5.74) is 1.19. The minimum absolute atomic E-state index is 0.127. The number of ketones is 1. The van der Waals surface area contributed by atoms with Gasteiger partial charge in [-0.2, -0.15) is 0 Å². The fraction of sp³-hybridized carbons (Fsp3) is 0.125. The number of nitrogens with zero attached hydrogens (tertiary/aromatic N) is 3. The first-order valence-corrected chi connectivity index (χ1v) is 7.91. The average molecular weight is 408 g/mol. The van der Waals surface area contributed by atoms with Crippen LogP contribution in [0.5, 0.6) is 0 Å². The van der Waals surface area contributed by atoms with Gasteiger partial charge in [-0.25, -0.2) is 9.02 Å². The molecule has 3 rings (SSSR count). The van der Waals surface area contributed by atoms with Crippen molar-refractivity contribution in [1.82, 2.24) is 10.3 Å². The number of Topliss-reactive ketones (excluding diaryl/α,β-unsaturated/α-hetero) is 1. The third-order valence-electron chi connectivity index (χ3n) is 3.43. The van der Waals surface area contributed by atoms with Gasteiger partial charge in [0.1, 0.15) is 17.2 Å². The number of furan rings is 1. The number of oxime groups is 1. The SMILES string of the molecule is O=C(Cc1nonc1C(Cc1ccc(F)c(Br)c1)=NO)c1ccco1. The first kappa shape index (κ1) is 17.0. The zero-order chi connectivity index (χ0) is 17.8. The molecule has 1 aromatic carbocycles. The van der Waals surface area contributed by atoms with E-state index >= 15 is 0 Å². The Bertz CT molecular complexity index is 921. The summed E-state index contributed by atoms with van der Waals surface area (Å²) >= 11 is 3.10. The van der Waals surface area contributed by atoms with Crippen molar-refractivity contribution in [3.63, 3.8) is 0 Å². The molecule has 128 valence electrons. The molecule has 0 atom stereocenters. The van der Waals surface area contributed by atoms with E-state index < -0.39 is 5.82 Å². The summed E-state index contributed by atoms with van der Waals surface area (Å²) in [4.78, 5) is 12.1. The van der Waals surface area contributed by atoms with E-state index in [1.807, 2.05) is 0 Å². The van der Waals surface area contributed by atoms with Crippen LogP contribution in [0.4, 0.5) is 4.39 Å². The van der Waals surface area contributed by atoms with Gasteiger partial charge in [0.25, 0.3) is 0 Å². The third kappa shape index (κ3) is 3.82. The van der Waals surface area contributed by atoms with Gasteiger partial charge in [0.2, 0.25) is 5.78 Å². The van der Waals surface area contributed by atoms with Crippen LogP contribution in [-0.4, -0.2) is 27.0 Å². The van der Waals surface area contributed by atoms with Crippen LogP contribution in [0.3, 0.4) is 0 Å². The van der Waals surface area contributed by atoms with Crippen molar-refractivity contribution in [3.05, 3.63) is 69.6 Å². The fourth-order valence-electron chi connectivity index (χ4n) is 2.23. The smallest absolute Gasteiger partial charge is 0.204 e. The minimum atomic E-state index is -0.404. The molecular weight excluding hydrogens is 397 g/mol. The Labute approximate surface area is 149 Å². The largest absolute Gasteiger partial charge is 0.461 e. The molecule has 0 aliphatic carbocycles. The van der Waals surface area contributed by atoms with E-state index in [1.165, 1.54) is 18.4 Å². The summed E-state index contributed by atoms with van der Waals surface area (Å²) in [5.74, 6) is -0.540. The minimum Gasteiger partial charge on any atom is -0.461 e. The van der Waals surface area contributed by atoms with Crippen molar-refractivity contribution in [2.45, 2.75) is 12.8 Å². The van der Waals surface area contributed by atoms with Crippen LogP contribution in [-0.2, 0) is 12.8 Å². The molecule has 2 aromatic heterocycles. The highest BCUT2D eigenvalue weighted by molar-refractivity contribution is 9.10. The van der Waals surface area contributed by atoms with Crippen LogP contribution in [0.2, 0.25) is 0 Å². The van der Waals surface area contributed by atoms with Crippen LogP contribution < -0.4 is 0 Å². The number of benzene rings is 1. The van der Waals surface area contributed by atoms with E-state index in [0.717, 1.165) is 0 Å². The molecule has 0 saturated heterocycles. The fourth-order valence-corrected chi connectivity index (χ4v) is 2.65. The van der Waals surface area contributed by atoms with Crippen molar-refractivity contribution in [1.29, 1.82) is 0 Å². The van der Waals surface area contributed by atoms with Gasteiger partial charge >= 0.3 is 0 Å². The van der Waals surface area contributed by atoms with Crippen molar-refractivity contribution in [2.75, 3.05) is 0 Å². The third-order valence-corrected chi connectivity index (χ3v) is 4.04. The maximum atomic E-state index is 13.3. The van der Waals surface area contributed by atoms with Crippen molar-refractivity contribution in [2.24, 2.45) is 5.16 Å². The molecule has 0 fully saturated rings. The molecule has 7 nitrogen and oxygen atoms in total. The van der Waals surface area contributed by atoms with Crippen LogP contribution in [0.25, 0.3) is 0 Å². The summed E-state index contributed by atoms with van der Waals surface area (Å²) < 4.78 is 23.3. The molecule has 0 unspecified atom stereocenters. The van der Waals surface area contributed by atoms with E-state index in [2.05, 4.69) is 36.0 Å². The average Bonchev–Trinajstić information content (AvgIpc) is 3.27. The molecule has 9 heteroatoms. The van der Waals surface area contributed by atoms with Gasteiger partial charge in [-0.3, -0.25) is 4.79 Å². The number of carbonyl (C=O) groups excluding carboxylic acids is 1. The number of carbonyl (C=O) groups is 1.